The average Bonchev–Trinajstić information content (AvgIpc) is 2.26. The van der Waals surface area contributed by atoms with Gasteiger partial charge in [-0.2, -0.15) is 0 Å². The van der Waals surface area contributed by atoms with Crippen molar-refractivity contribution in [1.29, 1.82) is 0 Å². The molecule has 1 aromatic rings. The van der Waals surface area contributed by atoms with Crippen LogP contribution >= 0.6 is 11.6 Å². The Morgan fingerprint density at radius 2 is 2.19 bits per heavy atom. The van der Waals surface area contributed by atoms with Gasteiger partial charge in [-0.25, -0.2) is 0 Å². The molecule has 0 saturated carbocycles. The fourth-order valence-electron chi connectivity index (χ4n) is 1.20. The van der Waals surface area contributed by atoms with Gasteiger partial charge in [0, 0.05) is 30.4 Å². The fraction of sp³-hybridized carbons (Fsp3) is 0.250. The first-order chi connectivity index (χ1) is 7.50. The van der Waals surface area contributed by atoms with Crippen molar-refractivity contribution >= 4 is 23.2 Å². The van der Waals surface area contributed by atoms with Crippen molar-refractivity contribution in [2.24, 2.45) is 0 Å². The molecule has 3 nitrogen and oxygen atoms in total. The van der Waals surface area contributed by atoms with Crippen molar-refractivity contribution < 1.29 is 4.79 Å². The van der Waals surface area contributed by atoms with Crippen LogP contribution in [-0.4, -0.2) is 26.5 Å². The number of carbonyl (C=O) groups excluding carboxylic acids is 1. The van der Waals surface area contributed by atoms with Crippen LogP contribution in [0.4, 0.5) is 5.69 Å². The quantitative estimate of drug-likeness (QED) is 0.873. The number of amides is 1. The van der Waals surface area contributed by atoms with Crippen molar-refractivity contribution in [2.45, 2.75) is 0 Å². The van der Waals surface area contributed by atoms with Crippen LogP contribution < -0.4 is 10.2 Å². The highest BCUT2D eigenvalue weighted by molar-refractivity contribution is 6.29. The zero-order valence-corrected chi connectivity index (χ0v) is 10.2. The van der Waals surface area contributed by atoms with Gasteiger partial charge >= 0.3 is 0 Å². The summed E-state index contributed by atoms with van der Waals surface area (Å²) >= 11 is 5.57. The van der Waals surface area contributed by atoms with Gasteiger partial charge in [0.2, 0.25) is 0 Å². The molecule has 0 unspecified atom stereocenters. The standard InChI is InChI=1S/C12H15ClN2O/c1-9(13)8-14-12(16)10-5-4-6-11(7-10)15(2)3/h4-7H,1,8H2,2-3H3,(H,14,16). The largest absolute Gasteiger partial charge is 0.378 e. The Balaban J connectivity index is 2.75. The first-order valence-corrected chi connectivity index (χ1v) is 5.27. The summed E-state index contributed by atoms with van der Waals surface area (Å²) in [7, 11) is 3.86. The van der Waals surface area contributed by atoms with E-state index >= 15 is 0 Å². The molecule has 86 valence electrons. The molecule has 0 spiro atoms. The summed E-state index contributed by atoms with van der Waals surface area (Å²) in [5.74, 6) is -0.148. The van der Waals surface area contributed by atoms with E-state index in [9.17, 15) is 4.79 Å². The van der Waals surface area contributed by atoms with Gasteiger partial charge in [0.15, 0.2) is 0 Å². The summed E-state index contributed by atoms with van der Waals surface area (Å²) in [6.45, 7) is 3.79. The summed E-state index contributed by atoms with van der Waals surface area (Å²) in [5.41, 5.74) is 1.60. The van der Waals surface area contributed by atoms with Gasteiger partial charge in [-0.1, -0.05) is 24.2 Å². The maximum absolute atomic E-state index is 11.7. The Labute approximate surface area is 101 Å². The highest BCUT2D eigenvalue weighted by atomic mass is 35.5. The number of anilines is 1. The Morgan fingerprint density at radius 1 is 1.50 bits per heavy atom. The summed E-state index contributed by atoms with van der Waals surface area (Å²) in [6, 6.07) is 7.38. The van der Waals surface area contributed by atoms with E-state index in [0.29, 0.717) is 10.6 Å². The van der Waals surface area contributed by atoms with Crippen LogP contribution in [0.2, 0.25) is 0 Å². The third-order valence-electron chi connectivity index (χ3n) is 2.07. The summed E-state index contributed by atoms with van der Waals surface area (Å²) in [5, 5.41) is 3.09. The number of nitrogens with zero attached hydrogens (tertiary/aromatic N) is 1. The minimum absolute atomic E-state index is 0.148. The number of hydrogen-bond donors (Lipinski definition) is 1. The van der Waals surface area contributed by atoms with Crippen molar-refractivity contribution in [3.8, 4) is 0 Å². The first-order valence-electron chi connectivity index (χ1n) is 4.89. The highest BCUT2D eigenvalue weighted by Crippen LogP contribution is 2.13. The van der Waals surface area contributed by atoms with Crippen molar-refractivity contribution in [1.82, 2.24) is 5.32 Å². The van der Waals surface area contributed by atoms with Crippen molar-refractivity contribution in [3.63, 3.8) is 0 Å². The maximum Gasteiger partial charge on any atom is 0.251 e. The number of carbonyl (C=O) groups is 1. The van der Waals surface area contributed by atoms with Gasteiger partial charge in [-0.05, 0) is 18.2 Å². The maximum atomic E-state index is 11.7. The highest BCUT2D eigenvalue weighted by Gasteiger charge is 2.06. The molecule has 0 aliphatic rings. The van der Waals surface area contributed by atoms with Crippen molar-refractivity contribution in [3.05, 3.63) is 41.4 Å². The van der Waals surface area contributed by atoms with Crippen LogP contribution in [0.1, 0.15) is 10.4 Å². The van der Waals surface area contributed by atoms with Crippen LogP contribution in [0, 0.1) is 0 Å². The number of rotatable bonds is 4. The van der Waals surface area contributed by atoms with Crippen LogP contribution in [0.3, 0.4) is 0 Å². The lowest BCUT2D eigenvalue weighted by Crippen LogP contribution is -2.24. The molecule has 0 aliphatic heterocycles. The van der Waals surface area contributed by atoms with Crippen molar-refractivity contribution in [2.75, 3.05) is 25.5 Å². The second-order valence-corrected chi connectivity index (χ2v) is 4.18. The summed E-state index contributed by atoms with van der Waals surface area (Å²) in [6.07, 6.45) is 0. The summed E-state index contributed by atoms with van der Waals surface area (Å²) in [4.78, 5) is 13.6. The number of nitrogens with one attached hydrogen (secondary N) is 1. The second-order valence-electron chi connectivity index (χ2n) is 3.64. The molecule has 1 aromatic carbocycles. The van der Waals surface area contributed by atoms with Gasteiger partial charge in [-0.15, -0.1) is 0 Å². The molecular weight excluding hydrogens is 224 g/mol. The lowest BCUT2D eigenvalue weighted by atomic mass is 10.2. The van der Waals surface area contributed by atoms with E-state index in [1.807, 2.05) is 37.2 Å². The monoisotopic (exact) mass is 238 g/mol. The third-order valence-corrected chi connectivity index (χ3v) is 2.20. The first kappa shape index (κ1) is 12.6. The molecule has 1 rings (SSSR count). The fourth-order valence-corrected chi connectivity index (χ4v) is 1.27. The van der Waals surface area contributed by atoms with Gasteiger partial charge in [0.05, 0.1) is 6.54 Å². The molecule has 4 heteroatoms. The molecule has 1 amide bonds. The molecule has 0 radical (unpaired) electrons. The van der Waals surface area contributed by atoms with E-state index in [-0.39, 0.29) is 12.5 Å². The van der Waals surface area contributed by atoms with E-state index in [0.717, 1.165) is 5.69 Å². The van der Waals surface area contributed by atoms with Gasteiger partial charge in [-0.3, -0.25) is 4.79 Å². The molecule has 1 N–H and O–H groups in total. The second kappa shape index (κ2) is 5.56. The number of halogens is 1. The Morgan fingerprint density at radius 3 is 2.75 bits per heavy atom. The molecule has 0 heterocycles. The smallest absolute Gasteiger partial charge is 0.251 e. The normalized spacial score (nSPS) is 9.69. The average molecular weight is 239 g/mol. The molecule has 0 fully saturated rings. The van der Waals surface area contributed by atoms with Crippen LogP contribution in [-0.2, 0) is 0 Å². The molecule has 0 bridgehead atoms. The van der Waals surface area contributed by atoms with Crippen LogP contribution in [0.5, 0.6) is 0 Å². The summed E-state index contributed by atoms with van der Waals surface area (Å²) < 4.78 is 0. The molecule has 16 heavy (non-hydrogen) atoms. The molecular formula is C12H15ClN2O. The third kappa shape index (κ3) is 3.59. The topological polar surface area (TPSA) is 32.3 Å². The van der Waals surface area contributed by atoms with Gasteiger partial charge in [0.1, 0.15) is 0 Å². The van der Waals surface area contributed by atoms with E-state index in [4.69, 9.17) is 11.6 Å². The molecule has 0 saturated heterocycles. The van der Waals surface area contributed by atoms with E-state index in [1.165, 1.54) is 0 Å². The van der Waals surface area contributed by atoms with Gasteiger partial charge in [0.25, 0.3) is 5.91 Å². The van der Waals surface area contributed by atoms with E-state index in [2.05, 4.69) is 11.9 Å². The number of hydrogen-bond acceptors (Lipinski definition) is 2. The van der Waals surface area contributed by atoms with E-state index in [1.54, 1.807) is 6.07 Å². The lowest BCUT2D eigenvalue weighted by molar-refractivity contribution is 0.0957. The van der Waals surface area contributed by atoms with E-state index < -0.39 is 0 Å². The Bertz CT molecular complexity index is 402. The zero-order valence-electron chi connectivity index (χ0n) is 9.46. The SMILES string of the molecule is C=C(Cl)CNC(=O)c1cccc(N(C)C)c1. The molecule has 0 aliphatic carbocycles. The van der Waals surface area contributed by atoms with Crippen LogP contribution in [0.25, 0.3) is 0 Å². The lowest BCUT2D eigenvalue weighted by Gasteiger charge is -2.13. The Hall–Kier alpha value is -1.48. The molecule has 0 atom stereocenters. The minimum atomic E-state index is -0.148. The molecule has 0 aromatic heterocycles. The number of benzene rings is 1. The minimum Gasteiger partial charge on any atom is -0.378 e. The predicted octanol–water partition coefficient (Wildman–Crippen LogP) is 2.23. The predicted molar refractivity (Wildman–Crippen MR) is 68.1 cm³/mol. The van der Waals surface area contributed by atoms with Gasteiger partial charge < -0.3 is 10.2 Å². The zero-order chi connectivity index (χ0) is 12.1. The Kier molecular flexibility index (Phi) is 4.38. The van der Waals surface area contributed by atoms with Crippen LogP contribution in [0.15, 0.2) is 35.9 Å².